The summed E-state index contributed by atoms with van der Waals surface area (Å²) in [6, 6.07) is 20.8. The summed E-state index contributed by atoms with van der Waals surface area (Å²) in [4.78, 5) is 1.33. The summed E-state index contributed by atoms with van der Waals surface area (Å²) in [5, 5.41) is 0. The lowest BCUT2D eigenvalue weighted by atomic mass is 10.2. The van der Waals surface area contributed by atoms with Gasteiger partial charge in [0.2, 0.25) is 0 Å². The average Bonchev–Trinajstić information content (AvgIpc) is 2.45. The molecule has 2 heteroatoms. The molecule has 2 rings (SSSR count). The molecule has 0 fully saturated rings. The molecule has 18 heavy (non-hydrogen) atoms. The summed E-state index contributed by atoms with van der Waals surface area (Å²) in [5.41, 5.74) is 1.24. The molecule has 0 saturated carbocycles. The molecule has 0 aliphatic carbocycles. The molecule has 0 N–H and O–H groups in total. The van der Waals surface area contributed by atoms with Crippen molar-refractivity contribution in [1.82, 2.24) is 0 Å². The van der Waals surface area contributed by atoms with Crippen LogP contribution in [-0.4, -0.2) is 12.4 Å². The number of benzene rings is 2. The lowest BCUT2D eigenvalue weighted by molar-refractivity contribution is 0.122. The molecule has 1 nitrogen and oxygen atoms in total. The standard InChI is InChI=1S/C16H18OS/c1-3-8-15(9-4-1)14-17-12-7-13-18-16-10-5-2-6-11-16/h1-6,8-11H,7,12-14H2. The van der Waals surface area contributed by atoms with Crippen molar-refractivity contribution in [2.75, 3.05) is 12.4 Å². The van der Waals surface area contributed by atoms with E-state index in [1.165, 1.54) is 10.5 Å². The Balaban J connectivity index is 1.54. The summed E-state index contributed by atoms with van der Waals surface area (Å²) < 4.78 is 5.64. The molecule has 0 aliphatic heterocycles. The van der Waals surface area contributed by atoms with Gasteiger partial charge in [0.25, 0.3) is 0 Å². The Morgan fingerprint density at radius 1 is 0.833 bits per heavy atom. The van der Waals surface area contributed by atoms with E-state index in [0.717, 1.165) is 25.4 Å². The van der Waals surface area contributed by atoms with E-state index in [1.54, 1.807) is 0 Å². The zero-order valence-electron chi connectivity index (χ0n) is 10.4. The van der Waals surface area contributed by atoms with E-state index in [0.29, 0.717) is 0 Å². The van der Waals surface area contributed by atoms with Gasteiger partial charge in [-0.3, -0.25) is 0 Å². The third-order valence-corrected chi connectivity index (χ3v) is 3.65. The molecule has 2 aromatic carbocycles. The molecule has 0 spiro atoms. The fraction of sp³-hybridized carbons (Fsp3) is 0.250. The summed E-state index contributed by atoms with van der Waals surface area (Å²) in [7, 11) is 0. The second-order valence-electron chi connectivity index (χ2n) is 4.05. The fourth-order valence-corrected chi connectivity index (χ4v) is 2.48. The first-order valence-corrected chi connectivity index (χ1v) is 7.23. The Hall–Kier alpha value is -1.25. The highest BCUT2D eigenvalue weighted by molar-refractivity contribution is 7.99. The van der Waals surface area contributed by atoms with Gasteiger partial charge in [0.15, 0.2) is 0 Å². The molecule has 0 heterocycles. The Morgan fingerprint density at radius 2 is 1.50 bits per heavy atom. The minimum absolute atomic E-state index is 0.719. The molecular formula is C16H18OS. The maximum Gasteiger partial charge on any atom is 0.0716 e. The molecule has 0 atom stereocenters. The van der Waals surface area contributed by atoms with Gasteiger partial charge in [0.05, 0.1) is 6.61 Å². The van der Waals surface area contributed by atoms with Crippen LogP contribution in [0.25, 0.3) is 0 Å². The van der Waals surface area contributed by atoms with Crippen LogP contribution in [0.3, 0.4) is 0 Å². The van der Waals surface area contributed by atoms with Gasteiger partial charge in [-0.25, -0.2) is 0 Å². The summed E-state index contributed by atoms with van der Waals surface area (Å²) in [5.74, 6) is 1.11. The van der Waals surface area contributed by atoms with E-state index < -0.39 is 0 Å². The van der Waals surface area contributed by atoms with Crippen molar-refractivity contribution < 1.29 is 4.74 Å². The van der Waals surface area contributed by atoms with Crippen molar-refractivity contribution in [2.45, 2.75) is 17.9 Å². The lowest BCUT2D eigenvalue weighted by Gasteiger charge is -2.04. The van der Waals surface area contributed by atoms with Crippen LogP contribution in [0.5, 0.6) is 0 Å². The first-order valence-electron chi connectivity index (χ1n) is 6.25. The first kappa shape index (κ1) is 13.2. The highest BCUT2D eigenvalue weighted by Gasteiger charge is 1.94. The van der Waals surface area contributed by atoms with Gasteiger partial charge < -0.3 is 4.74 Å². The molecule has 0 bridgehead atoms. The van der Waals surface area contributed by atoms with E-state index in [1.807, 2.05) is 36.0 Å². The number of hydrogen-bond acceptors (Lipinski definition) is 2. The molecule has 0 radical (unpaired) electrons. The van der Waals surface area contributed by atoms with Gasteiger partial charge in [-0.15, -0.1) is 11.8 Å². The second kappa shape index (κ2) is 7.96. The Bertz CT molecular complexity index is 384. The van der Waals surface area contributed by atoms with Crippen molar-refractivity contribution in [3.8, 4) is 0 Å². The molecule has 0 aromatic heterocycles. The number of hydrogen-bond donors (Lipinski definition) is 0. The third kappa shape index (κ3) is 4.94. The largest absolute Gasteiger partial charge is 0.377 e. The molecule has 0 amide bonds. The zero-order chi connectivity index (χ0) is 12.5. The maximum atomic E-state index is 5.64. The lowest BCUT2D eigenvalue weighted by Crippen LogP contribution is -1.96. The summed E-state index contributed by atoms with van der Waals surface area (Å²) >= 11 is 1.89. The van der Waals surface area contributed by atoms with Gasteiger partial charge in [-0.05, 0) is 24.1 Å². The van der Waals surface area contributed by atoms with Gasteiger partial charge in [0.1, 0.15) is 0 Å². The van der Waals surface area contributed by atoms with Crippen molar-refractivity contribution in [3.63, 3.8) is 0 Å². The van der Waals surface area contributed by atoms with Gasteiger partial charge in [0, 0.05) is 17.3 Å². The van der Waals surface area contributed by atoms with Crippen LogP contribution >= 0.6 is 11.8 Å². The molecule has 0 saturated heterocycles. The summed E-state index contributed by atoms with van der Waals surface area (Å²) in [6.45, 7) is 1.55. The van der Waals surface area contributed by atoms with E-state index >= 15 is 0 Å². The zero-order valence-corrected chi connectivity index (χ0v) is 11.2. The van der Waals surface area contributed by atoms with Crippen LogP contribution < -0.4 is 0 Å². The van der Waals surface area contributed by atoms with Gasteiger partial charge >= 0.3 is 0 Å². The van der Waals surface area contributed by atoms with E-state index in [-0.39, 0.29) is 0 Å². The van der Waals surface area contributed by atoms with Crippen LogP contribution in [0.1, 0.15) is 12.0 Å². The Kier molecular flexibility index (Phi) is 5.83. The quantitative estimate of drug-likeness (QED) is 0.538. The smallest absolute Gasteiger partial charge is 0.0716 e. The van der Waals surface area contributed by atoms with Crippen LogP contribution in [0.2, 0.25) is 0 Å². The Morgan fingerprint density at radius 3 is 2.22 bits per heavy atom. The van der Waals surface area contributed by atoms with Crippen molar-refractivity contribution >= 4 is 11.8 Å². The van der Waals surface area contributed by atoms with E-state index in [2.05, 4.69) is 36.4 Å². The maximum absolute atomic E-state index is 5.64. The Labute approximate surface area is 113 Å². The molecule has 2 aromatic rings. The van der Waals surface area contributed by atoms with Crippen LogP contribution in [-0.2, 0) is 11.3 Å². The molecule has 0 unspecified atom stereocenters. The first-order chi connectivity index (χ1) is 8.95. The predicted octanol–water partition coefficient (Wildman–Crippen LogP) is 4.39. The van der Waals surface area contributed by atoms with Crippen molar-refractivity contribution in [3.05, 3.63) is 66.2 Å². The second-order valence-corrected chi connectivity index (χ2v) is 5.22. The molecular weight excluding hydrogens is 240 g/mol. The normalized spacial score (nSPS) is 10.4. The minimum Gasteiger partial charge on any atom is -0.377 e. The fourth-order valence-electron chi connectivity index (χ4n) is 1.63. The van der Waals surface area contributed by atoms with E-state index in [4.69, 9.17) is 4.74 Å². The molecule has 94 valence electrons. The van der Waals surface area contributed by atoms with Crippen molar-refractivity contribution in [1.29, 1.82) is 0 Å². The van der Waals surface area contributed by atoms with Gasteiger partial charge in [-0.2, -0.15) is 0 Å². The van der Waals surface area contributed by atoms with Gasteiger partial charge in [-0.1, -0.05) is 48.5 Å². The highest BCUT2D eigenvalue weighted by atomic mass is 32.2. The predicted molar refractivity (Wildman–Crippen MR) is 77.9 cm³/mol. The number of rotatable bonds is 7. The topological polar surface area (TPSA) is 9.23 Å². The average molecular weight is 258 g/mol. The summed E-state index contributed by atoms with van der Waals surface area (Å²) in [6.07, 6.45) is 1.09. The van der Waals surface area contributed by atoms with Crippen LogP contribution in [0.15, 0.2) is 65.6 Å². The van der Waals surface area contributed by atoms with Crippen LogP contribution in [0, 0.1) is 0 Å². The third-order valence-electron chi connectivity index (χ3n) is 2.56. The highest BCUT2D eigenvalue weighted by Crippen LogP contribution is 2.17. The minimum atomic E-state index is 0.719. The van der Waals surface area contributed by atoms with E-state index in [9.17, 15) is 0 Å². The SMILES string of the molecule is c1ccc(COCCCSc2ccccc2)cc1. The van der Waals surface area contributed by atoms with Crippen molar-refractivity contribution in [2.24, 2.45) is 0 Å². The van der Waals surface area contributed by atoms with Crippen LogP contribution in [0.4, 0.5) is 0 Å². The number of thioether (sulfide) groups is 1. The monoisotopic (exact) mass is 258 g/mol. The molecule has 0 aliphatic rings. The number of ether oxygens (including phenoxy) is 1.